The van der Waals surface area contributed by atoms with Crippen LogP contribution >= 0.6 is 23.2 Å². The highest BCUT2D eigenvalue weighted by molar-refractivity contribution is 6.42. The fraction of sp³-hybridized carbons (Fsp3) is 0.250. The van der Waals surface area contributed by atoms with E-state index < -0.39 is 12.0 Å². The van der Waals surface area contributed by atoms with Crippen molar-refractivity contribution in [1.82, 2.24) is 19.9 Å². The first-order chi connectivity index (χ1) is 13.8. The molecule has 1 aromatic carbocycles. The van der Waals surface area contributed by atoms with Crippen LogP contribution in [-0.2, 0) is 25.7 Å². The highest BCUT2D eigenvalue weighted by Crippen LogP contribution is 2.29. The highest BCUT2D eigenvalue weighted by atomic mass is 35.5. The Morgan fingerprint density at radius 3 is 2.52 bits per heavy atom. The van der Waals surface area contributed by atoms with Crippen molar-refractivity contribution in [3.8, 4) is 11.3 Å². The number of pyridine rings is 1. The summed E-state index contributed by atoms with van der Waals surface area (Å²) in [5, 5.41) is 0.960. The molecule has 3 aromatic rings. The molecule has 0 aliphatic carbocycles. The minimum atomic E-state index is -4.52. The number of hydrogen-bond donors (Lipinski definition) is 0. The van der Waals surface area contributed by atoms with Gasteiger partial charge in [-0.15, -0.1) is 0 Å². The minimum Gasteiger partial charge on any atom is -0.294 e. The molecule has 0 amide bonds. The number of halogens is 5. The van der Waals surface area contributed by atoms with E-state index in [2.05, 4.69) is 19.9 Å². The van der Waals surface area contributed by atoms with Crippen LogP contribution in [0.5, 0.6) is 0 Å². The smallest absolute Gasteiger partial charge is 0.294 e. The van der Waals surface area contributed by atoms with Crippen molar-refractivity contribution in [2.24, 2.45) is 0 Å². The number of benzene rings is 1. The zero-order valence-corrected chi connectivity index (χ0v) is 16.6. The molecule has 3 heterocycles. The fourth-order valence-electron chi connectivity index (χ4n) is 3.25. The third-order valence-electron chi connectivity index (χ3n) is 4.71. The van der Waals surface area contributed by atoms with E-state index in [9.17, 15) is 13.2 Å². The Morgan fingerprint density at radius 2 is 1.83 bits per heavy atom. The van der Waals surface area contributed by atoms with Crippen LogP contribution in [0, 0.1) is 0 Å². The largest absolute Gasteiger partial charge is 0.451 e. The predicted octanol–water partition coefficient (Wildman–Crippen LogP) is 5.42. The predicted molar refractivity (Wildman–Crippen MR) is 105 cm³/mol. The van der Waals surface area contributed by atoms with Gasteiger partial charge in [0.1, 0.15) is 0 Å². The Labute approximate surface area is 175 Å². The van der Waals surface area contributed by atoms with E-state index in [1.807, 2.05) is 18.2 Å². The van der Waals surface area contributed by atoms with E-state index in [0.29, 0.717) is 41.8 Å². The lowest BCUT2D eigenvalue weighted by atomic mass is 10.1. The van der Waals surface area contributed by atoms with Crippen LogP contribution in [0.25, 0.3) is 11.3 Å². The Bertz CT molecular complexity index is 1040. The monoisotopic (exact) mass is 438 g/mol. The molecule has 0 unspecified atom stereocenters. The molecule has 0 atom stereocenters. The van der Waals surface area contributed by atoms with E-state index in [0.717, 1.165) is 22.4 Å². The Morgan fingerprint density at radius 1 is 1.00 bits per heavy atom. The SMILES string of the molecule is FC(F)(F)c1ncc2c(n1)CCN(Cc1ccc(-c3ccc(Cl)c(Cl)c3)nc1)C2. The number of aromatic nitrogens is 3. The summed E-state index contributed by atoms with van der Waals surface area (Å²) in [5.74, 6) is -1.08. The van der Waals surface area contributed by atoms with Crippen molar-refractivity contribution >= 4 is 23.2 Å². The van der Waals surface area contributed by atoms with Crippen molar-refractivity contribution < 1.29 is 13.2 Å². The van der Waals surface area contributed by atoms with Gasteiger partial charge in [0.15, 0.2) is 0 Å². The van der Waals surface area contributed by atoms with Crippen LogP contribution in [-0.4, -0.2) is 26.4 Å². The zero-order valence-electron chi connectivity index (χ0n) is 15.0. The van der Waals surface area contributed by atoms with Gasteiger partial charge in [-0.3, -0.25) is 9.88 Å². The van der Waals surface area contributed by atoms with Crippen molar-refractivity contribution in [1.29, 1.82) is 0 Å². The molecule has 1 aliphatic heterocycles. The Hall–Kier alpha value is -2.22. The molecular weight excluding hydrogens is 424 g/mol. The molecule has 0 fully saturated rings. The van der Waals surface area contributed by atoms with Crippen LogP contribution in [0.3, 0.4) is 0 Å². The maximum Gasteiger partial charge on any atom is 0.451 e. The van der Waals surface area contributed by atoms with Gasteiger partial charge >= 0.3 is 6.18 Å². The first kappa shape index (κ1) is 20.1. The number of hydrogen-bond acceptors (Lipinski definition) is 4. The van der Waals surface area contributed by atoms with E-state index in [1.165, 1.54) is 6.20 Å². The summed E-state index contributed by atoms with van der Waals surface area (Å²) in [5.41, 5.74) is 3.85. The summed E-state index contributed by atoms with van der Waals surface area (Å²) in [7, 11) is 0. The molecular formula is C20H15Cl2F3N4. The summed E-state index contributed by atoms with van der Waals surface area (Å²) in [6, 6.07) is 9.23. The van der Waals surface area contributed by atoms with Gasteiger partial charge in [-0.1, -0.05) is 35.3 Å². The molecule has 0 bridgehead atoms. The van der Waals surface area contributed by atoms with Crippen molar-refractivity contribution in [2.45, 2.75) is 25.7 Å². The van der Waals surface area contributed by atoms with Crippen molar-refractivity contribution in [3.63, 3.8) is 0 Å². The lowest BCUT2D eigenvalue weighted by Crippen LogP contribution is -2.31. The maximum atomic E-state index is 12.8. The molecule has 0 radical (unpaired) electrons. The first-order valence-electron chi connectivity index (χ1n) is 8.84. The summed E-state index contributed by atoms with van der Waals surface area (Å²) < 4.78 is 38.3. The molecule has 0 saturated carbocycles. The van der Waals surface area contributed by atoms with Gasteiger partial charge in [0.25, 0.3) is 0 Å². The normalized spacial score (nSPS) is 14.7. The molecule has 0 N–H and O–H groups in total. The van der Waals surface area contributed by atoms with Gasteiger partial charge in [0.05, 0.1) is 21.4 Å². The van der Waals surface area contributed by atoms with Gasteiger partial charge in [-0.25, -0.2) is 9.97 Å². The highest BCUT2D eigenvalue weighted by Gasteiger charge is 2.35. The lowest BCUT2D eigenvalue weighted by Gasteiger charge is -2.28. The molecule has 2 aromatic heterocycles. The van der Waals surface area contributed by atoms with E-state index in [1.54, 1.807) is 18.3 Å². The van der Waals surface area contributed by atoms with Gasteiger partial charge < -0.3 is 0 Å². The van der Waals surface area contributed by atoms with Crippen LogP contribution < -0.4 is 0 Å². The average molecular weight is 439 g/mol. The van der Waals surface area contributed by atoms with Crippen LogP contribution in [0.1, 0.15) is 22.6 Å². The van der Waals surface area contributed by atoms with Crippen LogP contribution in [0.4, 0.5) is 13.2 Å². The standard InChI is InChI=1S/C20H15Cl2F3N4/c21-15-3-2-13(7-16(15)22)17-4-1-12(8-26-17)10-29-6-5-18-14(11-29)9-27-19(28-18)20(23,24)25/h1-4,7-9H,5-6,10-11H2. The fourth-order valence-corrected chi connectivity index (χ4v) is 3.55. The summed E-state index contributed by atoms with van der Waals surface area (Å²) in [4.78, 5) is 13.8. The maximum absolute atomic E-state index is 12.8. The van der Waals surface area contributed by atoms with Crippen molar-refractivity contribution in [2.75, 3.05) is 6.54 Å². The topological polar surface area (TPSA) is 41.9 Å². The second-order valence-corrected chi connectivity index (χ2v) is 7.62. The van der Waals surface area contributed by atoms with E-state index >= 15 is 0 Å². The Balaban J connectivity index is 1.44. The van der Waals surface area contributed by atoms with Gasteiger partial charge in [0, 0.05) is 49.6 Å². The minimum absolute atomic E-state index is 0.454. The third-order valence-corrected chi connectivity index (χ3v) is 5.45. The van der Waals surface area contributed by atoms with Crippen molar-refractivity contribution in [3.05, 3.63) is 75.4 Å². The molecule has 9 heteroatoms. The first-order valence-corrected chi connectivity index (χ1v) is 9.60. The third kappa shape index (κ3) is 4.52. The molecule has 0 spiro atoms. The number of fused-ring (bicyclic) bond motifs is 1. The van der Waals surface area contributed by atoms with Gasteiger partial charge in [0.2, 0.25) is 5.82 Å². The summed E-state index contributed by atoms with van der Waals surface area (Å²) in [6.45, 7) is 1.76. The second kappa shape index (κ2) is 7.89. The summed E-state index contributed by atoms with van der Waals surface area (Å²) in [6.07, 6.45) is -0.997. The van der Waals surface area contributed by atoms with Gasteiger partial charge in [-0.2, -0.15) is 13.2 Å². The molecule has 0 saturated heterocycles. The number of rotatable bonds is 3. The number of alkyl halides is 3. The molecule has 4 nitrogen and oxygen atoms in total. The quantitative estimate of drug-likeness (QED) is 0.547. The van der Waals surface area contributed by atoms with Crippen LogP contribution in [0.2, 0.25) is 10.0 Å². The molecule has 29 heavy (non-hydrogen) atoms. The molecule has 4 rings (SSSR count). The van der Waals surface area contributed by atoms with Gasteiger partial charge in [-0.05, 0) is 23.8 Å². The average Bonchev–Trinajstić information content (AvgIpc) is 2.69. The second-order valence-electron chi connectivity index (χ2n) is 6.80. The molecule has 1 aliphatic rings. The Kier molecular flexibility index (Phi) is 5.46. The zero-order chi connectivity index (χ0) is 20.6. The van der Waals surface area contributed by atoms with E-state index in [-0.39, 0.29) is 0 Å². The van der Waals surface area contributed by atoms with Crippen LogP contribution in [0.15, 0.2) is 42.7 Å². The molecule has 150 valence electrons. The number of nitrogens with zero attached hydrogens (tertiary/aromatic N) is 4. The lowest BCUT2D eigenvalue weighted by molar-refractivity contribution is -0.145. The summed E-state index contributed by atoms with van der Waals surface area (Å²) >= 11 is 12.0. The van der Waals surface area contributed by atoms with E-state index in [4.69, 9.17) is 23.2 Å².